The maximum Gasteiger partial charge on any atom is 0.109 e. The quantitative estimate of drug-likeness (QED) is 0.763. The third-order valence-electron chi connectivity index (χ3n) is 4.10. The first-order valence-electron chi connectivity index (χ1n) is 7.72. The number of aryl methyl sites for hydroxylation is 1. The number of nitrogens with one attached hydrogen (secondary N) is 1. The highest BCUT2D eigenvalue weighted by Crippen LogP contribution is 2.16. The Morgan fingerprint density at radius 2 is 2.32 bits per heavy atom. The van der Waals surface area contributed by atoms with Gasteiger partial charge in [0, 0.05) is 45.0 Å². The second-order valence-electron chi connectivity index (χ2n) is 5.59. The minimum absolute atomic E-state index is 0.723. The molecule has 2 heterocycles. The molecule has 4 heteroatoms. The van der Waals surface area contributed by atoms with Crippen molar-refractivity contribution in [3.8, 4) is 0 Å². The van der Waals surface area contributed by atoms with E-state index in [1.807, 2.05) is 12.4 Å². The molecule has 1 unspecified atom stereocenters. The van der Waals surface area contributed by atoms with Crippen molar-refractivity contribution in [2.75, 3.05) is 26.2 Å². The molecule has 0 amide bonds. The van der Waals surface area contributed by atoms with Crippen LogP contribution in [0.2, 0.25) is 0 Å². The van der Waals surface area contributed by atoms with Crippen molar-refractivity contribution in [1.29, 1.82) is 0 Å². The minimum Gasteiger partial charge on any atom is -0.338 e. The van der Waals surface area contributed by atoms with Crippen LogP contribution in [0.4, 0.5) is 0 Å². The van der Waals surface area contributed by atoms with Gasteiger partial charge >= 0.3 is 0 Å². The maximum absolute atomic E-state index is 4.42. The average Bonchev–Trinajstić information content (AvgIpc) is 2.83. The number of rotatable bonds is 7. The number of nitrogens with zero attached hydrogens (tertiary/aromatic N) is 3. The van der Waals surface area contributed by atoms with E-state index >= 15 is 0 Å². The summed E-state index contributed by atoms with van der Waals surface area (Å²) in [6, 6.07) is 0.723. The van der Waals surface area contributed by atoms with Gasteiger partial charge in [0.05, 0.1) is 0 Å². The van der Waals surface area contributed by atoms with Crippen LogP contribution in [-0.2, 0) is 13.5 Å². The van der Waals surface area contributed by atoms with Gasteiger partial charge in [-0.15, -0.1) is 0 Å². The summed E-state index contributed by atoms with van der Waals surface area (Å²) in [5, 5.41) is 3.58. The van der Waals surface area contributed by atoms with Gasteiger partial charge in [-0.25, -0.2) is 4.98 Å². The Morgan fingerprint density at radius 3 is 3.05 bits per heavy atom. The molecule has 1 aliphatic rings. The molecular weight excluding hydrogens is 236 g/mol. The second kappa shape index (κ2) is 7.65. The van der Waals surface area contributed by atoms with Crippen molar-refractivity contribution in [2.45, 2.75) is 45.1 Å². The fourth-order valence-corrected chi connectivity index (χ4v) is 2.91. The fourth-order valence-electron chi connectivity index (χ4n) is 2.91. The van der Waals surface area contributed by atoms with E-state index in [-0.39, 0.29) is 0 Å². The number of hydrogen-bond donors (Lipinski definition) is 1. The molecule has 1 N–H and O–H groups in total. The van der Waals surface area contributed by atoms with Crippen molar-refractivity contribution < 1.29 is 0 Å². The Kier molecular flexibility index (Phi) is 5.86. The van der Waals surface area contributed by atoms with Crippen LogP contribution in [0.15, 0.2) is 12.4 Å². The predicted octanol–water partition coefficient (Wildman–Crippen LogP) is 1.82. The molecule has 1 aromatic heterocycles. The summed E-state index contributed by atoms with van der Waals surface area (Å²) in [7, 11) is 2.08. The van der Waals surface area contributed by atoms with Gasteiger partial charge in [0.25, 0.3) is 0 Å². The minimum atomic E-state index is 0.723. The summed E-state index contributed by atoms with van der Waals surface area (Å²) >= 11 is 0. The molecule has 19 heavy (non-hydrogen) atoms. The van der Waals surface area contributed by atoms with Crippen LogP contribution in [0.3, 0.4) is 0 Å². The van der Waals surface area contributed by atoms with Crippen LogP contribution in [0.1, 0.15) is 38.4 Å². The normalized spacial score (nSPS) is 20.8. The summed E-state index contributed by atoms with van der Waals surface area (Å²) in [5.74, 6) is 1.20. The van der Waals surface area contributed by atoms with Gasteiger partial charge < -0.3 is 9.88 Å². The third kappa shape index (κ3) is 4.32. The molecule has 1 aliphatic heterocycles. The van der Waals surface area contributed by atoms with Crippen LogP contribution in [-0.4, -0.2) is 46.7 Å². The molecule has 0 bridgehead atoms. The van der Waals surface area contributed by atoms with Crippen molar-refractivity contribution in [3.63, 3.8) is 0 Å². The Balaban J connectivity index is 1.80. The van der Waals surface area contributed by atoms with Crippen molar-refractivity contribution in [2.24, 2.45) is 7.05 Å². The molecule has 1 fully saturated rings. The smallest absolute Gasteiger partial charge is 0.109 e. The summed E-state index contributed by atoms with van der Waals surface area (Å²) in [4.78, 5) is 7.07. The summed E-state index contributed by atoms with van der Waals surface area (Å²) in [6.45, 7) is 6.91. The Bertz CT molecular complexity index is 361. The van der Waals surface area contributed by atoms with Crippen LogP contribution in [0, 0.1) is 0 Å². The molecule has 4 nitrogen and oxygen atoms in total. The first kappa shape index (κ1) is 14.5. The maximum atomic E-state index is 4.42. The number of piperidine rings is 1. The number of likely N-dealkylation sites (tertiary alicyclic amines) is 1. The highest BCUT2D eigenvalue weighted by molar-refractivity contribution is 4.92. The first-order valence-corrected chi connectivity index (χ1v) is 7.72. The van der Waals surface area contributed by atoms with E-state index in [0.717, 1.165) is 32.1 Å². The van der Waals surface area contributed by atoms with Crippen LogP contribution in [0.25, 0.3) is 0 Å². The lowest BCUT2D eigenvalue weighted by molar-refractivity contribution is 0.146. The number of hydrogen-bond acceptors (Lipinski definition) is 3. The summed E-state index contributed by atoms with van der Waals surface area (Å²) in [5.41, 5.74) is 0. The molecule has 0 spiro atoms. The summed E-state index contributed by atoms with van der Waals surface area (Å²) < 4.78 is 2.13. The van der Waals surface area contributed by atoms with Crippen molar-refractivity contribution in [3.05, 3.63) is 18.2 Å². The van der Waals surface area contributed by atoms with E-state index < -0.39 is 0 Å². The van der Waals surface area contributed by atoms with E-state index in [1.54, 1.807) is 0 Å². The van der Waals surface area contributed by atoms with Crippen LogP contribution >= 0.6 is 0 Å². The molecule has 0 radical (unpaired) electrons. The van der Waals surface area contributed by atoms with Crippen molar-refractivity contribution >= 4 is 0 Å². The Morgan fingerprint density at radius 1 is 1.42 bits per heavy atom. The van der Waals surface area contributed by atoms with Crippen LogP contribution < -0.4 is 5.32 Å². The molecular formula is C15H28N4. The second-order valence-corrected chi connectivity index (χ2v) is 5.59. The lowest BCUT2D eigenvalue weighted by atomic mass is 10.0. The lowest BCUT2D eigenvalue weighted by Crippen LogP contribution is -2.46. The van der Waals surface area contributed by atoms with E-state index in [2.05, 4.69) is 33.7 Å². The average molecular weight is 264 g/mol. The predicted molar refractivity (Wildman–Crippen MR) is 79.3 cm³/mol. The summed E-state index contributed by atoms with van der Waals surface area (Å²) in [6.07, 6.45) is 10.3. The van der Waals surface area contributed by atoms with Crippen molar-refractivity contribution in [1.82, 2.24) is 19.8 Å². The monoisotopic (exact) mass is 264 g/mol. The first-order chi connectivity index (χ1) is 9.31. The zero-order valence-electron chi connectivity index (χ0n) is 12.4. The third-order valence-corrected chi connectivity index (χ3v) is 4.10. The largest absolute Gasteiger partial charge is 0.338 e. The zero-order valence-corrected chi connectivity index (χ0v) is 12.4. The molecule has 1 atom stereocenters. The SMILES string of the molecule is CCCNCC1CCCCN1CCc1nccn1C. The van der Waals surface area contributed by atoms with E-state index in [9.17, 15) is 0 Å². The molecule has 1 aromatic rings. The molecule has 0 saturated carbocycles. The van der Waals surface area contributed by atoms with Gasteiger partial charge in [-0.2, -0.15) is 0 Å². The highest BCUT2D eigenvalue weighted by Gasteiger charge is 2.21. The number of aromatic nitrogens is 2. The molecule has 108 valence electrons. The van der Waals surface area contributed by atoms with E-state index in [1.165, 1.54) is 38.1 Å². The Hall–Kier alpha value is -0.870. The van der Waals surface area contributed by atoms with E-state index in [0.29, 0.717) is 0 Å². The van der Waals surface area contributed by atoms with Gasteiger partial charge in [-0.1, -0.05) is 13.3 Å². The Labute approximate surface area is 117 Å². The highest BCUT2D eigenvalue weighted by atomic mass is 15.2. The number of imidazole rings is 1. The van der Waals surface area contributed by atoms with Gasteiger partial charge in [0.2, 0.25) is 0 Å². The zero-order chi connectivity index (χ0) is 13.5. The van der Waals surface area contributed by atoms with Gasteiger partial charge in [-0.05, 0) is 32.4 Å². The van der Waals surface area contributed by atoms with Crippen LogP contribution in [0.5, 0.6) is 0 Å². The van der Waals surface area contributed by atoms with Gasteiger partial charge in [0.15, 0.2) is 0 Å². The molecule has 0 aliphatic carbocycles. The molecule has 0 aromatic carbocycles. The van der Waals surface area contributed by atoms with Gasteiger partial charge in [-0.3, -0.25) is 4.90 Å². The van der Waals surface area contributed by atoms with E-state index in [4.69, 9.17) is 0 Å². The topological polar surface area (TPSA) is 33.1 Å². The van der Waals surface area contributed by atoms with Gasteiger partial charge in [0.1, 0.15) is 5.82 Å². The lowest BCUT2D eigenvalue weighted by Gasteiger charge is -2.35. The molecule has 1 saturated heterocycles. The fraction of sp³-hybridized carbons (Fsp3) is 0.800. The standard InChI is InChI=1S/C15H28N4/c1-3-8-16-13-14-6-4-5-10-19(14)11-7-15-17-9-12-18(15)2/h9,12,14,16H,3-8,10-11,13H2,1-2H3. The molecule has 2 rings (SSSR count).